The molecule has 1 amide bonds. The van der Waals surface area contributed by atoms with Gasteiger partial charge in [-0.1, -0.05) is 25.8 Å². The van der Waals surface area contributed by atoms with Gasteiger partial charge in [-0.2, -0.15) is 5.10 Å². The van der Waals surface area contributed by atoms with Crippen molar-refractivity contribution >= 4 is 22.9 Å². The maximum absolute atomic E-state index is 12.3. The van der Waals surface area contributed by atoms with Gasteiger partial charge < -0.3 is 11.1 Å². The Morgan fingerprint density at radius 2 is 2.25 bits per heavy atom. The van der Waals surface area contributed by atoms with Crippen LogP contribution in [0.1, 0.15) is 32.6 Å². The van der Waals surface area contributed by atoms with Crippen molar-refractivity contribution in [3.8, 4) is 10.6 Å². The Bertz CT molecular complexity index is 769. The molecule has 128 valence electrons. The number of hydrogen-bond acceptors (Lipinski definition) is 5. The third kappa shape index (κ3) is 3.67. The Labute approximate surface area is 144 Å². The molecule has 1 aliphatic carbocycles. The number of nitrogens with two attached hydrogens (primary N) is 1. The largest absolute Gasteiger partial charge is 0.394 e. The van der Waals surface area contributed by atoms with E-state index in [0.29, 0.717) is 11.6 Å². The molecule has 24 heavy (non-hydrogen) atoms. The van der Waals surface area contributed by atoms with Crippen molar-refractivity contribution in [1.29, 1.82) is 0 Å². The average molecular weight is 346 g/mol. The van der Waals surface area contributed by atoms with E-state index in [1.807, 2.05) is 17.5 Å². The lowest BCUT2D eigenvalue weighted by Gasteiger charge is -2.29. The van der Waals surface area contributed by atoms with Crippen molar-refractivity contribution in [2.45, 2.75) is 45.2 Å². The molecule has 2 aromatic rings. The lowest BCUT2D eigenvalue weighted by molar-refractivity contribution is -0.123. The van der Waals surface area contributed by atoms with E-state index < -0.39 is 5.56 Å². The predicted octanol–water partition coefficient (Wildman–Crippen LogP) is 2.25. The van der Waals surface area contributed by atoms with Crippen LogP contribution in [0.25, 0.3) is 10.6 Å². The van der Waals surface area contributed by atoms with Crippen molar-refractivity contribution in [3.05, 3.63) is 33.9 Å². The van der Waals surface area contributed by atoms with E-state index in [1.165, 1.54) is 17.8 Å². The van der Waals surface area contributed by atoms with E-state index in [0.717, 1.165) is 28.8 Å². The molecule has 1 fully saturated rings. The summed E-state index contributed by atoms with van der Waals surface area (Å²) in [5, 5.41) is 9.27. The quantitative estimate of drug-likeness (QED) is 0.888. The Kier molecular flexibility index (Phi) is 4.99. The van der Waals surface area contributed by atoms with E-state index in [1.54, 1.807) is 6.07 Å². The van der Waals surface area contributed by atoms with Gasteiger partial charge in [0.25, 0.3) is 5.56 Å². The van der Waals surface area contributed by atoms with E-state index in [9.17, 15) is 9.59 Å². The number of nitrogens with one attached hydrogen (secondary N) is 1. The first-order valence-electron chi connectivity index (χ1n) is 8.25. The molecule has 0 bridgehead atoms. The fourth-order valence-electron chi connectivity index (χ4n) is 3.13. The molecule has 2 aromatic heterocycles. The van der Waals surface area contributed by atoms with Crippen LogP contribution >= 0.6 is 11.3 Å². The lowest BCUT2D eigenvalue weighted by atomic mass is 9.86. The summed E-state index contributed by atoms with van der Waals surface area (Å²) in [7, 11) is 0. The summed E-state index contributed by atoms with van der Waals surface area (Å²) < 4.78 is 1.16. The van der Waals surface area contributed by atoms with E-state index in [4.69, 9.17) is 5.73 Å². The summed E-state index contributed by atoms with van der Waals surface area (Å²) >= 11 is 1.51. The zero-order valence-electron chi connectivity index (χ0n) is 13.7. The van der Waals surface area contributed by atoms with Crippen LogP contribution in [-0.4, -0.2) is 21.7 Å². The summed E-state index contributed by atoms with van der Waals surface area (Å²) in [6, 6.07) is 5.56. The molecule has 1 saturated carbocycles. The maximum Gasteiger partial charge on any atom is 0.290 e. The minimum atomic E-state index is -0.429. The van der Waals surface area contributed by atoms with Crippen molar-refractivity contribution in [3.63, 3.8) is 0 Å². The number of anilines is 1. The predicted molar refractivity (Wildman–Crippen MR) is 95.8 cm³/mol. The van der Waals surface area contributed by atoms with E-state index in [-0.39, 0.29) is 24.2 Å². The number of nitrogens with zero attached hydrogens (tertiary/aromatic N) is 2. The van der Waals surface area contributed by atoms with Crippen molar-refractivity contribution in [2.24, 2.45) is 5.92 Å². The molecule has 7 heteroatoms. The fourth-order valence-corrected chi connectivity index (χ4v) is 3.81. The van der Waals surface area contributed by atoms with Gasteiger partial charge >= 0.3 is 0 Å². The van der Waals surface area contributed by atoms with Crippen LogP contribution in [-0.2, 0) is 11.3 Å². The molecule has 0 radical (unpaired) electrons. The number of aromatic nitrogens is 2. The highest BCUT2D eigenvalue weighted by Crippen LogP contribution is 2.24. The van der Waals surface area contributed by atoms with Gasteiger partial charge in [0.1, 0.15) is 17.9 Å². The van der Waals surface area contributed by atoms with Crippen LogP contribution in [0.15, 0.2) is 28.4 Å². The average Bonchev–Trinajstić information content (AvgIpc) is 3.08. The molecule has 3 N–H and O–H groups in total. The molecule has 2 heterocycles. The normalized spacial score (nSPS) is 20.7. The van der Waals surface area contributed by atoms with Crippen LogP contribution in [0.5, 0.6) is 0 Å². The maximum atomic E-state index is 12.3. The van der Waals surface area contributed by atoms with Gasteiger partial charge in [0, 0.05) is 6.04 Å². The van der Waals surface area contributed by atoms with Gasteiger partial charge in [0.15, 0.2) is 0 Å². The third-order valence-corrected chi connectivity index (χ3v) is 5.42. The number of rotatable bonds is 4. The molecule has 0 saturated heterocycles. The number of carbonyl (C=O) groups is 1. The molecule has 3 rings (SSSR count). The van der Waals surface area contributed by atoms with Gasteiger partial charge in [-0.25, -0.2) is 4.68 Å². The van der Waals surface area contributed by atoms with Crippen molar-refractivity contribution in [1.82, 2.24) is 15.1 Å². The third-order valence-electron chi connectivity index (χ3n) is 4.53. The SMILES string of the molecule is C[C@H]1CCCC[C@H]1NC(=O)Cn1nc(-c2cccs2)cc(N)c1=O. The highest BCUT2D eigenvalue weighted by Gasteiger charge is 2.23. The molecule has 0 spiro atoms. The van der Waals surface area contributed by atoms with Gasteiger partial charge in [-0.05, 0) is 36.3 Å². The highest BCUT2D eigenvalue weighted by molar-refractivity contribution is 7.13. The molecular weight excluding hydrogens is 324 g/mol. The smallest absolute Gasteiger partial charge is 0.290 e. The van der Waals surface area contributed by atoms with Crippen LogP contribution in [0.4, 0.5) is 5.69 Å². The molecule has 1 aliphatic rings. The number of amides is 1. The number of thiophene rings is 1. The van der Waals surface area contributed by atoms with E-state index >= 15 is 0 Å². The van der Waals surface area contributed by atoms with Crippen molar-refractivity contribution in [2.75, 3.05) is 5.73 Å². The molecule has 0 aliphatic heterocycles. The first-order chi connectivity index (χ1) is 11.5. The molecular formula is C17H22N4O2S. The second-order valence-corrected chi connectivity index (χ2v) is 7.31. The van der Waals surface area contributed by atoms with Crippen LogP contribution in [0, 0.1) is 5.92 Å². The standard InChI is InChI=1S/C17H22N4O2S/c1-11-5-2-3-6-13(11)19-16(22)10-21-17(23)12(18)9-14(20-21)15-7-4-8-24-15/h4,7-9,11,13H,2-3,5-6,10,18H2,1H3,(H,19,22)/t11-,13+/m0/s1. The van der Waals surface area contributed by atoms with Crippen molar-refractivity contribution < 1.29 is 4.79 Å². The topological polar surface area (TPSA) is 90.0 Å². The minimum absolute atomic E-state index is 0.104. The Morgan fingerprint density at radius 1 is 1.46 bits per heavy atom. The van der Waals surface area contributed by atoms with Gasteiger partial charge in [0.05, 0.1) is 4.88 Å². The Balaban J connectivity index is 1.76. The summed E-state index contributed by atoms with van der Waals surface area (Å²) in [5.41, 5.74) is 6.10. The van der Waals surface area contributed by atoms with Crippen LogP contribution < -0.4 is 16.6 Å². The fraction of sp³-hybridized carbons (Fsp3) is 0.471. The first-order valence-corrected chi connectivity index (χ1v) is 9.13. The molecule has 0 aromatic carbocycles. The second kappa shape index (κ2) is 7.17. The summed E-state index contributed by atoms with van der Waals surface area (Å²) in [5.74, 6) is 0.279. The zero-order valence-corrected chi connectivity index (χ0v) is 14.5. The monoisotopic (exact) mass is 346 g/mol. The zero-order chi connectivity index (χ0) is 17.1. The lowest BCUT2D eigenvalue weighted by Crippen LogP contribution is -2.44. The van der Waals surface area contributed by atoms with Gasteiger partial charge in [-0.3, -0.25) is 9.59 Å². The number of carbonyl (C=O) groups excluding carboxylic acids is 1. The molecule has 2 atom stereocenters. The molecule has 6 nitrogen and oxygen atoms in total. The van der Waals surface area contributed by atoms with E-state index in [2.05, 4.69) is 17.3 Å². The number of nitrogen functional groups attached to an aromatic ring is 1. The Morgan fingerprint density at radius 3 is 2.96 bits per heavy atom. The molecule has 0 unspecified atom stereocenters. The Hall–Kier alpha value is -2.15. The number of hydrogen-bond donors (Lipinski definition) is 2. The van der Waals surface area contributed by atoms with Crippen LogP contribution in [0.3, 0.4) is 0 Å². The first kappa shape index (κ1) is 16.7. The second-order valence-electron chi connectivity index (χ2n) is 6.36. The summed E-state index contributed by atoms with van der Waals surface area (Å²) in [6.45, 7) is 2.05. The van der Waals surface area contributed by atoms with Gasteiger partial charge in [-0.15, -0.1) is 11.3 Å². The highest BCUT2D eigenvalue weighted by atomic mass is 32.1. The summed E-state index contributed by atoms with van der Waals surface area (Å²) in [6.07, 6.45) is 4.47. The summed E-state index contributed by atoms with van der Waals surface area (Å²) in [4.78, 5) is 25.4. The van der Waals surface area contributed by atoms with Gasteiger partial charge in [0.2, 0.25) is 5.91 Å². The van der Waals surface area contributed by atoms with Crippen LogP contribution in [0.2, 0.25) is 0 Å². The minimum Gasteiger partial charge on any atom is -0.394 e.